The molecule has 0 aliphatic heterocycles. The largest absolute Gasteiger partial charge is 0.342 e. The molecular weight excluding hydrogens is 243 g/mol. The Balaban J connectivity index is 2.64. The van der Waals surface area contributed by atoms with E-state index in [9.17, 15) is 0 Å². The van der Waals surface area contributed by atoms with Crippen molar-refractivity contribution in [1.29, 1.82) is 0 Å². The lowest BCUT2D eigenvalue weighted by molar-refractivity contribution is 0.859. The molecule has 0 aliphatic rings. The van der Waals surface area contributed by atoms with E-state index in [-0.39, 0.29) is 0 Å². The van der Waals surface area contributed by atoms with E-state index >= 15 is 0 Å². The van der Waals surface area contributed by atoms with Crippen molar-refractivity contribution in [3.05, 3.63) is 35.9 Å². The molecule has 1 aromatic rings. The topological polar surface area (TPSA) is 0 Å². The fraction of sp³-hybridized carbons (Fsp3) is 0.333. The van der Waals surface area contributed by atoms with Crippen molar-refractivity contribution < 1.29 is 0 Å². The molecule has 0 heterocycles. The van der Waals surface area contributed by atoms with Crippen LogP contribution in [-0.4, -0.2) is 6.00 Å². The molecule has 0 fully saturated rings. The van der Waals surface area contributed by atoms with Gasteiger partial charge in [0.15, 0.2) is 0 Å². The Morgan fingerprint density at radius 3 is 2.15 bits per heavy atom. The van der Waals surface area contributed by atoms with E-state index in [2.05, 4.69) is 19.1 Å². The summed E-state index contributed by atoms with van der Waals surface area (Å²) >= 11 is 17.5. The van der Waals surface area contributed by atoms with Crippen LogP contribution in [0.5, 0.6) is 0 Å². The Hall–Kier alpha value is 0.307. The van der Waals surface area contributed by atoms with Crippen LogP contribution in [0.25, 0.3) is 0 Å². The highest BCUT2D eigenvalue weighted by molar-refractivity contribution is 7.64. The lowest BCUT2D eigenvalue weighted by Gasteiger charge is -2.15. The molecule has 4 heteroatoms. The maximum atomic E-state index is 5.85. The third-order valence-electron chi connectivity index (χ3n) is 1.91. The Kier molecular flexibility index (Phi) is 4.11. The molecule has 1 rings (SSSR count). The minimum absolute atomic E-state index is 0.334. The summed E-state index contributed by atoms with van der Waals surface area (Å²) in [5.41, 5.74) is 1.24. The molecule has 0 amide bonds. The highest BCUT2D eigenvalue weighted by atomic mass is 35.8. The Morgan fingerprint density at radius 2 is 1.69 bits per heavy atom. The Bertz CT molecular complexity index is 255. The predicted octanol–water partition coefficient (Wildman–Crippen LogP) is 4.45. The van der Waals surface area contributed by atoms with Gasteiger partial charge in [-0.15, -0.1) is 33.2 Å². The predicted molar refractivity (Wildman–Crippen MR) is 63.0 cm³/mol. The van der Waals surface area contributed by atoms with Gasteiger partial charge in [0.1, 0.15) is 0 Å². The van der Waals surface area contributed by atoms with Crippen LogP contribution in [0.15, 0.2) is 30.3 Å². The maximum absolute atomic E-state index is 5.85. The highest BCUT2D eigenvalue weighted by Crippen LogP contribution is 2.33. The molecule has 72 valence electrons. The normalized spacial score (nSPS) is 14.2. The molecule has 0 saturated heterocycles. The first-order chi connectivity index (χ1) is 5.99. The SMILES string of the molecule is C[C@H](C[Si](Cl)(Cl)Cl)c1ccccc1. The number of hydrogen-bond acceptors (Lipinski definition) is 0. The van der Waals surface area contributed by atoms with Crippen LogP contribution in [0.3, 0.4) is 0 Å². The van der Waals surface area contributed by atoms with E-state index in [1.165, 1.54) is 5.56 Å². The van der Waals surface area contributed by atoms with Crippen LogP contribution in [0.2, 0.25) is 6.04 Å². The summed E-state index contributed by atoms with van der Waals surface area (Å²) in [6.07, 6.45) is 0. The molecule has 1 aromatic carbocycles. The number of halogens is 3. The second-order valence-corrected chi connectivity index (χ2v) is 12.3. The molecule has 13 heavy (non-hydrogen) atoms. The Labute approximate surface area is 93.9 Å². The van der Waals surface area contributed by atoms with Gasteiger partial charge in [0.2, 0.25) is 0 Å². The minimum Gasteiger partial charge on any atom is -0.126 e. The number of hydrogen-bond donors (Lipinski definition) is 0. The molecule has 0 bridgehead atoms. The second-order valence-electron chi connectivity index (χ2n) is 3.13. The first-order valence-electron chi connectivity index (χ1n) is 4.11. The third-order valence-corrected chi connectivity index (χ3v) is 4.37. The van der Waals surface area contributed by atoms with Gasteiger partial charge in [-0.3, -0.25) is 0 Å². The number of rotatable bonds is 3. The van der Waals surface area contributed by atoms with Gasteiger partial charge in [-0.2, -0.15) is 0 Å². The molecule has 0 spiro atoms. The fourth-order valence-corrected chi connectivity index (χ4v) is 4.26. The van der Waals surface area contributed by atoms with Crippen molar-refractivity contribution in [2.45, 2.75) is 18.9 Å². The van der Waals surface area contributed by atoms with Crippen molar-refractivity contribution >= 4 is 39.2 Å². The van der Waals surface area contributed by atoms with Crippen molar-refractivity contribution in [3.63, 3.8) is 0 Å². The average molecular weight is 254 g/mol. The first kappa shape index (κ1) is 11.4. The lowest BCUT2D eigenvalue weighted by atomic mass is 10.0. The minimum atomic E-state index is -2.49. The zero-order valence-electron chi connectivity index (χ0n) is 7.31. The summed E-state index contributed by atoms with van der Waals surface area (Å²) < 4.78 is 0. The van der Waals surface area contributed by atoms with Crippen LogP contribution in [0.1, 0.15) is 18.4 Å². The zero-order chi connectivity index (χ0) is 9.90. The van der Waals surface area contributed by atoms with Gasteiger partial charge in [-0.25, -0.2) is 0 Å². The summed E-state index contributed by atoms with van der Waals surface area (Å²) in [5.74, 6) is 0.334. The van der Waals surface area contributed by atoms with E-state index in [1.54, 1.807) is 0 Å². The molecule has 0 unspecified atom stereocenters. The monoisotopic (exact) mass is 252 g/mol. The fourth-order valence-electron chi connectivity index (χ4n) is 1.25. The van der Waals surface area contributed by atoms with Crippen LogP contribution in [-0.2, 0) is 0 Å². The summed E-state index contributed by atoms with van der Waals surface area (Å²) in [5, 5.41) is 0. The maximum Gasteiger partial charge on any atom is 0.342 e. The van der Waals surface area contributed by atoms with Crippen molar-refractivity contribution in [2.75, 3.05) is 0 Å². The second kappa shape index (κ2) is 4.69. The van der Waals surface area contributed by atoms with Crippen LogP contribution in [0, 0.1) is 0 Å². The summed E-state index contributed by atoms with van der Waals surface area (Å²) in [6.45, 7) is 2.09. The van der Waals surface area contributed by atoms with Gasteiger partial charge in [-0.05, 0) is 17.5 Å². The van der Waals surface area contributed by atoms with Gasteiger partial charge in [0, 0.05) is 0 Å². The quantitative estimate of drug-likeness (QED) is 0.552. The molecule has 0 radical (unpaired) electrons. The van der Waals surface area contributed by atoms with Crippen LogP contribution in [0.4, 0.5) is 0 Å². The average Bonchev–Trinajstić information content (AvgIpc) is 2.03. The standard InChI is InChI=1S/C9H11Cl3Si/c1-8(7-13(10,11)12)9-5-3-2-4-6-9/h2-6,8H,7H2,1H3/t8-/m1/s1. The van der Waals surface area contributed by atoms with Gasteiger partial charge >= 0.3 is 6.00 Å². The summed E-state index contributed by atoms with van der Waals surface area (Å²) in [7, 11) is 0. The summed E-state index contributed by atoms with van der Waals surface area (Å²) in [6, 6.07) is 8.33. The molecule has 0 aliphatic carbocycles. The van der Waals surface area contributed by atoms with E-state index in [0.717, 1.165) is 0 Å². The van der Waals surface area contributed by atoms with Gasteiger partial charge in [0.05, 0.1) is 0 Å². The molecule has 0 aromatic heterocycles. The molecule has 0 N–H and O–H groups in total. The van der Waals surface area contributed by atoms with E-state index < -0.39 is 6.00 Å². The van der Waals surface area contributed by atoms with E-state index in [4.69, 9.17) is 33.2 Å². The van der Waals surface area contributed by atoms with E-state index in [1.807, 2.05) is 18.2 Å². The van der Waals surface area contributed by atoms with Crippen molar-refractivity contribution in [2.24, 2.45) is 0 Å². The summed E-state index contributed by atoms with van der Waals surface area (Å²) in [4.78, 5) is 0. The Morgan fingerprint density at radius 1 is 1.15 bits per heavy atom. The van der Waals surface area contributed by atoms with E-state index in [0.29, 0.717) is 12.0 Å². The number of benzene rings is 1. The van der Waals surface area contributed by atoms with Crippen LogP contribution < -0.4 is 0 Å². The van der Waals surface area contributed by atoms with Gasteiger partial charge < -0.3 is 0 Å². The van der Waals surface area contributed by atoms with Gasteiger partial charge in [-0.1, -0.05) is 37.3 Å². The molecule has 0 nitrogen and oxygen atoms in total. The van der Waals surface area contributed by atoms with Crippen molar-refractivity contribution in [3.8, 4) is 0 Å². The zero-order valence-corrected chi connectivity index (χ0v) is 10.6. The molecule has 1 atom stereocenters. The molecular formula is C9H11Cl3Si. The lowest BCUT2D eigenvalue weighted by Crippen LogP contribution is -2.12. The van der Waals surface area contributed by atoms with Gasteiger partial charge in [0.25, 0.3) is 0 Å². The first-order valence-corrected chi connectivity index (χ1v) is 9.35. The van der Waals surface area contributed by atoms with Crippen molar-refractivity contribution in [1.82, 2.24) is 0 Å². The highest BCUT2D eigenvalue weighted by Gasteiger charge is 2.28. The van der Waals surface area contributed by atoms with Crippen LogP contribution >= 0.6 is 33.2 Å². The third kappa shape index (κ3) is 4.36. The molecule has 0 saturated carbocycles. The smallest absolute Gasteiger partial charge is 0.126 e.